The number of carbonyl (C=O) groups is 1. The minimum atomic E-state index is -2.86. The quantitative estimate of drug-likeness (QED) is 0.699. The highest BCUT2D eigenvalue weighted by molar-refractivity contribution is 7.80. The van der Waals surface area contributed by atoms with Crippen LogP contribution in [0.2, 0.25) is 0 Å². The molecule has 2 atom stereocenters. The van der Waals surface area contributed by atoms with E-state index >= 15 is 0 Å². The standard InChI is InChI=1S/C8H13F2NO2S/c1-5(14)11-3-2-8(9,10)4-6(11)7(12)13/h5-6,14H,2-4H2,1H3,(H,12,13)/t5?,6-/m0/s1. The van der Waals surface area contributed by atoms with Crippen LogP contribution in [0.15, 0.2) is 0 Å². The van der Waals surface area contributed by atoms with E-state index in [1.165, 1.54) is 4.90 Å². The predicted molar refractivity (Wildman–Crippen MR) is 50.8 cm³/mol. The fraction of sp³-hybridized carbons (Fsp3) is 0.875. The number of piperidine rings is 1. The summed E-state index contributed by atoms with van der Waals surface area (Å²) in [6, 6.07) is -1.12. The molecule has 1 saturated heterocycles. The highest BCUT2D eigenvalue weighted by Crippen LogP contribution is 2.33. The van der Waals surface area contributed by atoms with Crippen molar-refractivity contribution >= 4 is 18.6 Å². The number of aliphatic carboxylic acids is 1. The van der Waals surface area contributed by atoms with Gasteiger partial charge in [0, 0.05) is 19.4 Å². The van der Waals surface area contributed by atoms with Crippen LogP contribution in [0.25, 0.3) is 0 Å². The number of alkyl halides is 2. The first kappa shape index (κ1) is 11.7. The average Bonchev–Trinajstić information content (AvgIpc) is 2.01. The summed E-state index contributed by atoms with van der Waals surface area (Å²) in [5, 5.41) is 8.47. The van der Waals surface area contributed by atoms with Crippen molar-refractivity contribution in [2.45, 2.75) is 37.1 Å². The number of likely N-dealkylation sites (tertiary alicyclic amines) is 1. The van der Waals surface area contributed by atoms with E-state index in [2.05, 4.69) is 12.6 Å². The molecular weight excluding hydrogens is 212 g/mol. The number of rotatable bonds is 2. The zero-order valence-electron chi connectivity index (χ0n) is 7.78. The lowest BCUT2D eigenvalue weighted by molar-refractivity contribution is -0.154. The van der Waals surface area contributed by atoms with Gasteiger partial charge in [0.05, 0.1) is 5.37 Å². The Hall–Kier alpha value is -0.360. The van der Waals surface area contributed by atoms with E-state index in [0.717, 1.165) is 0 Å². The topological polar surface area (TPSA) is 40.5 Å². The van der Waals surface area contributed by atoms with Crippen molar-refractivity contribution in [3.8, 4) is 0 Å². The number of nitrogens with zero attached hydrogens (tertiary/aromatic N) is 1. The molecule has 0 spiro atoms. The second-order valence-corrected chi connectivity index (χ2v) is 4.28. The molecule has 1 N–H and O–H groups in total. The molecule has 0 aromatic carbocycles. The molecule has 14 heavy (non-hydrogen) atoms. The van der Waals surface area contributed by atoms with E-state index in [1.807, 2.05) is 0 Å². The van der Waals surface area contributed by atoms with Crippen LogP contribution in [0.4, 0.5) is 8.78 Å². The number of carboxylic acid groups (broad SMARTS) is 1. The zero-order valence-corrected chi connectivity index (χ0v) is 8.68. The molecule has 0 radical (unpaired) electrons. The number of carboxylic acids is 1. The zero-order chi connectivity index (χ0) is 10.9. The van der Waals surface area contributed by atoms with Gasteiger partial charge in [-0.3, -0.25) is 9.69 Å². The molecule has 1 rings (SSSR count). The Kier molecular flexibility index (Phi) is 3.36. The molecule has 1 aliphatic heterocycles. The number of halogens is 2. The van der Waals surface area contributed by atoms with Crippen LogP contribution < -0.4 is 0 Å². The summed E-state index contributed by atoms with van der Waals surface area (Å²) in [5.74, 6) is -4.06. The van der Waals surface area contributed by atoms with Crippen LogP contribution in [-0.4, -0.2) is 39.9 Å². The second-order valence-electron chi connectivity index (χ2n) is 3.53. The smallest absolute Gasteiger partial charge is 0.321 e. The molecule has 3 nitrogen and oxygen atoms in total. The second kappa shape index (κ2) is 4.02. The molecule has 0 aromatic rings. The van der Waals surface area contributed by atoms with E-state index in [4.69, 9.17) is 5.11 Å². The molecule has 0 saturated carbocycles. The minimum absolute atomic E-state index is 0.0780. The molecule has 1 unspecified atom stereocenters. The van der Waals surface area contributed by atoms with Crippen LogP contribution in [0.1, 0.15) is 19.8 Å². The normalized spacial score (nSPS) is 29.9. The Bertz CT molecular complexity index is 235. The molecule has 0 aliphatic carbocycles. The summed E-state index contributed by atoms with van der Waals surface area (Å²) in [5.41, 5.74) is 0. The lowest BCUT2D eigenvalue weighted by Crippen LogP contribution is -2.52. The van der Waals surface area contributed by atoms with Crippen molar-refractivity contribution in [1.29, 1.82) is 0 Å². The van der Waals surface area contributed by atoms with Crippen LogP contribution >= 0.6 is 12.6 Å². The third kappa shape index (κ3) is 2.57. The van der Waals surface area contributed by atoms with Gasteiger partial charge in [0.15, 0.2) is 0 Å². The lowest BCUT2D eigenvalue weighted by atomic mass is 9.98. The van der Waals surface area contributed by atoms with E-state index in [1.54, 1.807) is 6.92 Å². The molecule has 0 aromatic heterocycles. The largest absolute Gasteiger partial charge is 0.480 e. The Morgan fingerprint density at radius 3 is 2.71 bits per heavy atom. The third-order valence-electron chi connectivity index (χ3n) is 2.39. The van der Waals surface area contributed by atoms with Crippen LogP contribution in [-0.2, 0) is 4.79 Å². The number of thiol groups is 1. The summed E-state index contributed by atoms with van der Waals surface area (Å²) in [4.78, 5) is 12.2. The van der Waals surface area contributed by atoms with E-state index in [-0.39, 0.29) is 18.3 Å². The summed E-state index contributed by atoms with van der Waals surface area (Å²) in [6.45, 7) is 1.76. The van der Waals surface area contributed by atoms with Gasteiger partial charge in [0.1, 0.15) is 6.04 Å². The number of hydrogen-bond donors (Lipinski definition) is 2. The van der Waals surface area contributed by atoms with E-state index in [9.17, 15) is 13.6 Å². The molecule has 1 fully saturated rings. The monoisotopic (exact) mass is 225 g/mol. The first-order valence-corrected chi connectivity index (χ1v) is 4.89. The van der Waals surface area contributed by atoms with Gasteiger partial charge in [-0.15, -0.1) is 0 Å². The average molecular weight is 225 g/mol. The van der Waals surface area contributed by atoms with Gasteiger partial charge >= 0.3 is 5.97 Å². The molecule has 0 amide bonds. The first-order valence-electron chi connectivity index (χ1n) is 4.38. The molecule has 1 heterocycles. The van der Waals surface area contributed by atoms with Crippen molar-refractivity contribution in [2.75, 3.05) is 6.54 Å². The van der Waals surface area contributed by atoms with Crippen molar-refractivity contribution in [1.82, 2.24) is 4.90 Å². The SMILES string of the molecule is CC(S)N1CCC(F)(F)C[C@H]1C(=O)O. The maximum absolute atomic E-state index is 12.9. The Balaban J connectivity index is 2.76. The first-order chi connectivity index (χ1) is 6.33. The van der Waals surface area contributed by atoms with Crippen LogP contribution in [0.3, 0.4) is 0 Å². The summed E-state index contributed by atoms with van der Waals surface area (Å²) in [7, 11) is 0. The lowest BCUT2D eigenvalue weighted by Gasteiger charge is -2.38. The molecule has 0 bridgehead atoms. The predicted octanol–water partition coefficient (Wildman–Crippen LogP) is 1.45. The van der Waals surface area contributed by atoms with Crippen LogP contribution in [0, 0.1) is 0 Å². The highest BCUT2D eigenvalue weighted by Gasteiger charge is 2.44. The number of hydrogen-bond acceptors (Lipinski definition) is 3. The summed E-state index contributed by atoms with van der Waals surface area (Å²) in [6.07, 6.45) is -0.908. The molecular formula is C8H13F2NO2S. The van der Waals surface area contributed by atoms with Crippen molar-refractivity contribution < 1.29 is 18.7 Å². The van der Waals surface area contributed by atoms with Gasteiger partial charge in [-0.05, 0) is 6.92 Å². The maximum Gasteiger partial charge on any atom is 0.321 e. The van der Waals surface area contributed by atoms with Crippen LogP contribution in [0.5, 0.6) is 0 Å². The summed E-state index contributed by atoms with van der Waals surface area (Å²) < 4.78 is 25.9. The van der Waals surface area contributed by atoms with Gasteiger partial charge in [-0.2, -0.15) is 12.6 Å². The molecule has 6 heteroatoms. The summed E-state index contributed by atoms with van der Waals surface area (Å²) >= 11 is 4.07. The van der Waals surface area contributed by atoms with Crippen molar-refractivity contribution in [3.05, 3.63) is 0 Å². The van der Waals surface area contributed by atoms with Crippen molar-refractivity contribution in [3.63, 3.8) is 0 Å². The minimum Gasteiger partial charge on any atom is -0.480 e. The van der Waals surface area contributed by atoms with E-state index < -0.39 is 24.4 Å². The van der Waals surface area contributed by atoms with Gasteiger partial charge in [-0.25, -0.2) is 8.78 Å². The van der Waals surface area contributed by atoms with Gasteiger partial charge in [0.25, 0.3) is 5.92 Å². The maximum atomic E-state index is 12.9. The van der Waals surface area contributed by atoms with Gasteiger partial charge < -0.3 is 5.11 Å². The Labute approximate surface area is 86.5 Å². The van der Waals surface area contributed by atoms with Crippen molar-refractivity contribution in [2.24, 2.45) is 0 Å². The van der Waals surface area contributed by atoms with Gasteiger partial charge in [0.2, 0.25) is 0 Å². The van der Waals surface area contributed by atoms with E-state index in [0.29, 0.717) is 0 Å². The fourth-order valence-electron chi connectivity index (χ4n) is 1.63. The van der Waals surface area contributed by atoms with Gasteiger partial charge in [-0.1, -0.05) is 0 Å². The Morgan fingerprint density at radius 2 is 2.29 bits per heavy atom. The molecule has 1 aliphatic rings. The Morgan fingerprint density at radius 1 is 1.71 bits per heavy atom. The molecule has 82 valence electrons. The fourth-order valence-corrected chi connectivity index (χ4v) is 1.90. The third-order valence-corrected chi connectivity index (χ3v) is 2.69. The highest BCUT2D eigenvalue weighted by atomic mass is 32.1.